The summed E-state index contributed by atoms with van der Waals surface area (Å²) < 4.78 is 43.2. The fraction of sp³-hybridized carbons (Fsp3) is 0.0833. The summed E-state index contributed by atoms with van der Waals surface area (Å²) in [5.74, 6) is -1.03. The van der Waals surface area contributed by atoms with Crippen molar-refractivity contribution >= 4 is 33.1 Å². The van der Waals surface area contributed by atoms with Crippen LogP contribution in [0, 0.1) is 0 Å². The van der Waals surface area contributed by atoms with Gasteiger partial charge in [0.1, 0.15) is 0 Å². The summed E-state index contributed by atoms with van der Waals surface area (Å²) in [5.41, 5.74) is 3.14. The average Bonchev–Trinajstić information content (AvgIpc) is 3.08. The maximum atomic E-state index is 14.0. The van der Waals surface area contributed by atoms with Crippen molar-refractivity contribution in [2.45, 2.75) is 13.1 Å². The normalized spacial score (nSPS) is 12.1. The molecule has 3 aromatic carbocycles. The Labute approximate surface area is 169 Å². The van der Waals surface area contributed by atoms with Crippen molar-refractivity contribution in [3.8, 4) is 11.1 Å². The van der Waals surface area contributed by atoms with Crippen molar-refractivity contribution in [1.29, 1.82) is 0 Å². The molecule has 6 heteroatoms. The summed E-state index contributed by atoms with van der Waals surface area (Å²) >= 11 is 0. The van der Waals surface area contributed by atoms with E-state index in [0.717, 1.165) is 5.56 Å². The van der Waals surface area contributed by atoms with Crippen LogP contribution in [0.4, 0.5) is 13.2 Å². The number of rotatable bonds is 2. The summed E-state index contributed by atoms with van der Waals surface area (Å²) in [6.45, 7) is 1.48. The molecule has 0 atom stereocenters. The van der Waals surface area contributed by atoms with Crippen LogP contribution in [0.2, 0.25) is 0 Å². The first-order valence-corrected chi connectivity index (χ1v) is 9.37. The van der Waals surface area contributed by atoms with Gasteiger partial charge in [-0.1, -0.05) is 60.7 Å². The van der Waals surface area contributed by atoms with E-state index in [-0.39, 0.29) is 11.3 Å². The number of alkyl halides is 3. The van der Waals surface area contributed by atoms with Crippen molar-refractivity contribution in [3.63, 3.8) is 0 Å². The summed E-state index contributed by atoms with van der Waals surface area (Å²) in [6.07, 6.45) is -4.63. The minimum atomic E-state index is -4.63. The minimum absolute atomic E-state index is 0.0674. The minimum Gasteiger partial charge on any atom is -0.295 e. The Morgan fingerprint density at radius 2 is 1.50 bits per heavy atom. The van der Waals surface area contributed by atoms with Gasteiger partial charge in [0.15, 0.2) is 5.78 Å². The Hall–Kier alpha value is -3.67. The van der Waals surface area contributed by atoms with E-state index in [1.165, 1.54) is 11.3 Å². The fourth-order valence-electron chi connectivity index (χ4n) is 4.00. The molecule has 0 fully saturated rings. The first-order valence-electron chi connectivity index (χ1n) is 9.37. The number of para-hydroxylation sites is 2. The van der Waals surface area contributed by atoms with Gasteiger partial charge in [-0.2, -0.15) is 13.2 Å². The molecule has 0 aliphatic rings. The molecule has 148 valence electrons. The van der Waals surface area contributed by atoms with Gasteiger partial charge < -0.3 is 0 Å². The van der Waals surface area contributed by atoms with Gasteiger partial charge in [0, 0.05) is 21.9 Å². The molecule has 0 bridgehead atoms. The Kier molecular flexibility index (Phi) is 3.93. The van der Waals surface area contributed by atoms with Crippen LogP contribution < -0.4 is 0 Å². The second kappa shape index (κ2) is 6.42. The van der Waals surface area contributed by atoms with E-state index in [1.807, 2.05) is 6.07 Å². The topological polar surface area (TPSA) is 34.4 Å². The molecule has 0 spiro atoms. The average molecular weight is 404 g/mol. The van der Waals surface area contributed by atoms with Gasteiger partial charge in [-0.15, -0.1) is 0 Å². The highest BCUT2D eigenvalue weighted by Crippen LogP contribution is 2.42. The van der Waals surface area contributed by atoms with Gasteiger partial charge >= 0.3 is 6.18 Å². The predicted octanol–water partition coefficient (Wildman–Crippen LogP) is 6.53. The Bertz CT molecular complexity index is 1450. The number of aromatic nitrogens is 2. The predicted molar refractivity (Wildman–Crippen MR) is 111 cm³/mol. The molecule has 0 aliphatic heterocycles. The van der Waals surface area contributed by atoms with E-state index < -0.39 is 12.0 Å². The van der Waals surface area contributed by atoms with Crippen molar-refractivity contribution in [3.05, 3.63) is 84.2 Å². The molecule has 5 aromatic rings. The lowest BCUT2D eigenvalue weighted by atomic mass is 9.99. The lowest BCUT2D eigenvalue weighted by Crippen LogP contribution is -2.14. The molecule has 0 N–H and O–H groups in total. The molecule has 0 saturated carbocycles. The van der Waals surface area contributed by atoms with Crippen LogP contribution in [0.15, 0.2) is 72.8 Å². The third kappa shape index (κ3) is 2.68. The zero-order valence-corrected chi connectivity index (χ0v) is 15.9. The van der Waals surface area contributed by atoms with Gasteiger partial charge in [-0.05, 0) is 24.6 Å². The highest BCUT2D eigenvalue weighted by atomic mass is 19.4. The van der Waals surface area contributed by atoms with E-state index in [0.29, 0.717) is 32.9 Å². The lowest BCUT2D eigenvalue weighted by molar-refractivity contribution is -0.145. The molecule has 5 rings (SSSR count). The van der Waals surface area contributed by atoms with Gasteiger partial charge in [0.2, 0.25) is 5.82 Å². The molecule has 2 heterocycles. The standard InChI is InChI=1S/C24H15F3N2O/c1-14(30)15-10-12-16(13-11-15)21-18-7-3-5-9-20(18)29-22(21)17-6-2-4-8-19(17)28-23(29)24(25,26)27/h2-13H,1H3. The maximum absolute atomic E-state index is 14.0. The van der Waals surface area contributed by atoms with Crippen LogP contribution in [0.5, 0.6) is 0 Å². The SMILES string of the molecule is CC(=O)c1ccc(-c2c3ccccc3n3c(C(F)(F)F)nc4ccccc4c23)cc1. The van der Waals surface area contributed by atoms with E-state index in [1.54, 1.807) is 66.7 Å². The molecule has 0 radical (unpaired) electrons. The first-order chi connectivity index (χ1) is 14.4. The zero-order chi connectivity index (χ0) is 21.0. The number of Topliss-reactive ketones (excluding diaryl/α,β-unsaturated/α-hetero) is 1. The summed E-state index contributed by atoms with van der Waals surface area (Å²) in [5, 5.41) is 1.32. The summed E-state index contributed by atoms with van der Waals surface area (Å²) in [6, 6.07) is 20.8. The number of carbonyl (C=O) groups is 1. The van der Waals surface area contributed by atoms with Crippen molar-refractivity contribution < 1.29 is 18.0 Å². The maximum Gasteiger partial charge on any atom is 0.450 e. The van der Waals surface area contributed by atoms with Crippen molar-refractivity contribution in [2.75, 3.05) is 0 Å². The van der Waals surface area contributed by atoms with E-state index in [2.05, 4.69) is 4.98 Å². The smallest absolute Gasteiger partial charge is 0.295 e. The van der Waals surface area contributed by atoms with E-state index in [9.17, 15) is 18.0 Å². The van der Waals surface area contributed by atoms with E-state index >= 15 is 0 Å². The molecular weight excluding hydrogens is 389 g/mol. The van der Waals surface area contributed by atoms with Crippen molar-refractivity contribution in [1.82, 2.24) is 9.38 Å². The van der Waals surface area contributed by atoms with E-state index in [4.69, 9.17) is 0 Å². The van der Waals surface area contributed by atoms with Crippen LogP contribution in [0.25, 0.3) is 38.4 Å². The molecule has 0 unspecified atom stereocenters. The second-order valence-corrected chi connectivity index (χ2v) is 7.16. The molecular formula is C24H15F3N2O. The van der Waals surface area contributed by atoms with Crippen LogP contribution in [0.3, 0.4) is 0 Å². The Morgan fingerprint density at radius 1 is 0.867 bits per heavy atom. The third-order valence-corrected chi connectivity index (χ3v) is 5.31. The highest BCUT2D eigenvalue weighted by molar-refractivity contribution is 6.14. The molecule has 2 aromatic heterocycles. The van der Waals surface area contributed by atoms with Gasteiger partial charge in [-0.3, -0.25) is 9.20 Å². The molecule has 0 amide bonds. The fourth-order valence-corrected chi connectivity index (χ4v) is 4.00. The monoisotopic (exact) mass is 404 g/mol. The summed E-state index contributed by atoms with van der Waals surface area (Å²) in [7, 11) is 0. The van der Waals surface area contributed by atoms with Crippen LogP contribution >= 0.6 is 0 Å². The Balaban J connectivity index is 2.02. The summed E-state index contributed by atoms with van der Waals surface area (Å²) in [4.78, 5) is 15.6. The van der Waals surface area contributed by atoms with Crippen molar-refractivity contribution in [2.24, 2.45) is 0 Å². The van der Waals surface area contributed by atoms with Gasteiger partial charge in [0.25, 0.3) is 0 Å². The second-order valence-electron chi connectivity index (χ2n) is 7.16. The number of halogens is 3. The van der Waals surface area contributed by atoms with Crippen LogP contribution in [-0.4, -0.2) is 15.2 Å². The lowest BCUT2D eigenvalue weighted by Gasteiger charge is -2.13. The number of hydrogen-bond donors (Lipinski definition) is 0. The number of fused-ring (bicyclic) bond motifs is 5. The third-order valence-electron chi connectivity index (χ3n) is 5.31. The van der Waals surface area contributed by atoms with Crippen LogP contribution in [0.1, 0.15) is 23.1 Å². The highest BCUT2D eigenvalue weighted by Gasteiger charge is 2.37. The molecule has 30 heavy (non-hydrogen) atoms. The number of hydrogen-bond acceptors (Lipinski definition) is 2. The first kappa shape index (κ1) is 18.4. The number of ketones is 1. The number of carbonyl (C=O) groups excluding carboxylic acids is 1. The number of nitrogens with zero attached hydrogens (tertiary/aromatic N) is 2. The Morgan fingerprint density at radius 3 is 2.17 bits per heavy atom. The quantitative estimate of drug-likeness (QED) is 0.314. The van der Waals surface area contributed by atoms with Gasteiger partial charge in [-0.25, -0.2) is 4.98 Å². The molecule has 0 saturated heterocycles. The zero-order valence-electron chi connectivity index (χ0n) is 15.9. The molecule has 3 nitrogen and oxygen atoms in total. The van der Waals surface area contributed by atoms with Gasteiger partial charge in [0.05, 0.1) is 16.6 Å². The molecule has 0 aliphatic carbocycles. The number of benzene rings is 3. The van der Waals surface area contributed by atoms with Crippen LogP contribution in [-0.2, 0) is 6.18 Å². The largest absolute Gasteiger partial charge is 0.450 e.